The topological polar surface area (TPSA) is 31.2 Å². The molecule has 0 N–H and O–H groups in total. The summed E-state index contributed by atoms with van der Waals surface area (Å²) in [5.74, 6) is 3.83. The largest absolute Gasteiger partial charge is 0.464 e. The van der Waals surface area contributed by atoms with E-state index in [1.807, 2.05) is 0 Å². The Labute approximate surface area is 149 Å². The number of rotatable bonds is 0. The first-order chi connectivity index (χ1) is 11.6. The monoisotopic (exact) mass is 337 g/mol. The van der Waals surface area contributed by atoms with E-state index in [1.165, 1.54) is 11.4 Å². The quantitative estimate of drug-likeness (QED) is 0.542. The van der Waals surface area contributed by atoms with Crippen molar-refractivity contribution in [3.63, 3.8) is 0 Å². The third-order valence-corrected chi connectivity index (χ3v) is 6.08. The number of nitrogens with zero attached hydrogens (tertiary/aromatic N) is 1. The lowest BCUT2D eigenvalue weighted by Crippen LogP contribution is -2.27. The van der Waals surface area contributed by atoms with Crippen LogP contribution in [0.4, 0.5) is 0 Å². The zero-order chi connectivity index (χ0) is 18.2. The van der Waals surface area contributed by atoms with Crippen LogP contribution in [0, 0.1) is 0 Å². The van der Waals surface area contributed by atoms with Gasteiger partial charge >= 0.3 is 0 Å². The van der Waals surface area contributed by atoms with Gasteiger partial charge in [-0.15, -0.1) is 0 Å². The minimum atomic E-state index is -0.310. The molecule has 3 aromatic rings. The van der Waals surface area contributed by atoms with Gasteiger partial charge < -0.3 is 13.4 Å². The van der Waals surface area contributed by atoms with Gasteiger partial charge in [-0.25, -0.2) is 0 Å². The Morgan fingerprint density at radius 3 is 1.24 bits per heavy atom. The first-order valence-electron chi connectivity index (χ1n) is 8.94. The molecule has 0 saturated heterocycles. The summed E-state index contributed by atoms with van der Waals surface area (Å²) < 4.78 is 15.0. The van der Waals surface area contributed by atoms with Gasteiger partial charge in [-0.1, -0.05) is 0 Å². The molecular weight excluding hydrogens is 310 g/mol. The molecule has 0 radical (unpaired) electrons. The SMILES string of the molecule is Cn1c2ccc1C(C)(C)c1ccc(o1)C(C)(C)c1ccc(o1)C2(C)C. The highest BCUT2D eigenvalue weighted by atomic mass is 16.4. The molecule has 0 aliphatic carbocycles. The first-order valence-corrected chi connectivity index (χ1v) is 8.94. The van der Waals surface area contributed by atoms with Crippen molar-refractivity contribution in [2.75, 3.05) is 0 Å². The third kappa shape index (κ3) is 2.04. The lowest BCUT2D eigenvalue weighted by atomic mass is 9.85. The number of furan rings is 2. The van der Waals surface area contributed by atoms with Crippen LogP contribution < -0.4 is 0 Å². The molecule has 3 nitrogen and oxygen atoms in total. The number of hydrogen-bond donors (Lipinski definition) is 0. The summed E-state index contributed by atoms with van der Waals surface area (Å²) in [5.41, 5.74) is 1.75. The summed E-state index contributed by atoms with van der Waals surface area (Å²) >= 11 is 0. The smallest absolute Gasteiger partial charge is 0.117 e. The lowest BCUT2D eigenvalue weighted by Gasteiger charge is -2.29. The Kier molecular flexibility index (Phi) is 3.08. The van der Waals surface area contributed by atoms with Gasteiger partial charge in [0.15, 0.2) is 0 Å². The Morgan fingerprint density at radius 1 is 0.560 bits per heavy atom. The van der Waals surface area contributed by atoms with Crippen molar-refractivity contribution in [1.82, 2.24) is 4.57 Å². The van der Waals surface area contributed by atoms with E-state index in [4.69, 9.17) is 8.83 Å². The molecular formula is C22H27NO2. The van der Waals surface area contributed by atoms with Crippen molar-refractivity contribution in [2.45, 2.75) is 57.8 Å². The zero-order valence-electron chi connectivity index (χ0n) is 16.2. The van der Waals surface area contributed by atoms with E-state index in [2.05, 4.69) is 89.6 Å². The Bertz CT molecular complexity index is 873. The normalized spacial score (nSPS) is 20.0. The highest BCUT2D eigenvalue weighted by Gasteiger charge is 2.39. The third-order valence-electron chi connectivity index (χ3n) is 6.08. The van der Waals surface area contributed by atoms with Gasteiger partial charge in [0.2, 0.25) is 0 Å². The second-order valence-electron chi connectivity index (χ2n) is 8.87. The van der Waals surface area contributed by atoms with E-state index >= 15 is 0 Å². The van der Waals surface area contributed by atoms with Crippen LogP contribution in [-0.2, 0) is 23.3 Å². The van der Waals surface area contributed by atoms with Crippen molar-refractivity contribution in [2.24, 2.45) is 7.05 Å². The van der Waals surface area contributed by atoms with Crippen LogP contribution in [0.25, 0.3) is 0 Å². The summed E-state index contributed by atoms with van der Waals surface area (Å²) in [6, 6.07) is 12.8. The second-order valence-corrected chi connectivity index (χ2v) is 8.87. The Morgan fingerprint density at radius 2 is 0.880 bits per heavy atom. The second kappa shape index (κ2) is 4.72. The van der Waals surface area contributed by atoms with Crippen molar-refractivity contribution < 1.29 is 8.83 Å². The van der Waals surface area contributed by atoms with Crippen LogP contribution in [0.15, 0.2) is 45.2 Å². The molecule has 0 fully saturated rings. The summed E-state index contributed by atoms with van der Waals surface area (Å²) in [7, 11) is 2.14. The molecule has 1 aliphatic heterocycles. The van der Waals surface area contributed by atoms with Gasteiger partial charge in [-0.2, -0.15) is 0 Å². The van der Waals surface area contributed by atoms with Crippen molar-refractivity contribution in [3.8, 4) is 0 Å². The summed E-state index contributed by atoms with van der Waals surface area (Å²) in [4.78, 5) is 0. The van der Waals surface area contributed by atoms with E-state index < -0.39 is 0 Å². The molecule has 25 heavy (non-hydrogen) atoms. The predicted molar refractivity (Wildman–Crippen MR) is 99.2 cm³/mol. The molecule has 0 aromatic carbocycles. The number of fused-ring (bicyclic) bond motifs is 6. The van der Waals surface area contributed by atoms with Crippen molar-refractivity contribution >= 4 is 0 Å². The fraction of sp³-hybridized carbons (Fsp3) is 0.455. The summed E-state index contributed by atoms with van der Waals surface area (Å²) in [6.07, 6.45) is 0. The average molecular weight is 337 g/mol. The minimum absolute atomic E-state index is 0.209. The standard InChI is InChI=1S/C22H27NO2/c1-20(2)14-8-9-15(23(14)7)21(3,4)17-11-13-19(25-17)22(5,6)18-12-10-16(20)24-18/h8-13H,1-7H3. The Hall–Kier alpha value is -2.16. The molecule has 0 amide bonds. The van der Waals surface area contributed by atoms with Crippen LogP contribution in [-0.4, -0.2) is 4.57 Å². The number of aromatic nitrogens is 1. The molecule has 6 bridgehead atoms. The van der Waals surface area contributed by atoms with Crippen LogP contribution in [0.3, 0.4) is 0 Å². The van der Waals surface area contributed by atoms with Crippen LogP contribution in [0.5, 0.6) is 0 Å². The maximum Gasteiger partial charge on any atom is 0.117 e. The fourth-order valence-corrected chi connectivity index (χ4v) is 4.16. The summed E-state index contributed by atoms with van der Waals surface area (Å²) in [5, 5.41) is 0. The molecule has 3 aromatic heterocycles. The van der Waals surface area contributed by atoms with Gasteiger partial charge in [-0.05, 0) is 77.9 Å². The van der Waals surface area contributed by atoms with Gasteiger partial charge in [0.05, 0.1) is 16.2 Å². The van der Waals surface area contributed by atoms with Gasteiger partial charge in [-0.3, -0.25) is 0 Å². The molecule has 132 valence electrons. The average Bonchev–Trinajstić information content (AvgIpc) is 3.25. The lowest BCUT2D eigenvalue weighted by molar-refractivity contribution is 0.305. The first kappa shape index (κ1) is 16.3. The molecule has 1 aliphatic rings. The molecule has 0 unspecified atom stereocenters. The van der Waals surface area contributed by atoms with E-state index in [0.29, 0.717) is 0 Å². The molecule has 0 atom stereocenters. The maximum atomic E-state index is 6.35. The highest BCUT2D eigenvalue weighted by molar-refractivity contribution is 5.40. The fourth-order valence-electron chi connectivity index (χ4n) is 4.16. The van der Waals surface area contributed by atoms with E-state index in [9.17, 15) is 0 Å². The van der Waals surface area contributed by atoms with Crippen molar-refractivity contribution in [3.05, 3.63) is 70.8 Å². The molecule has 3 heteroatoms. The van der Waals surface area contributed by atoms with E-state index in [1.54, 1.807) is 0 Å². The van der Waals surface area contributed by atoms with Crippen LogP contribution in [0.2, 0.25) is 0 Å². The molecule has 4 rings (SSSR count). The van der Waals surface area contributed by atoms with Crippen LogP contribution >= 0.6 is 0 Å². The summed E-state index contributed by atoms with van der Waals surface area (Å²) in [6.45, 7) is 13.2. The Balaban J connectivity index is 2.08. The zero-order valence-corrected chi connectivity index (χ0v) is 16.2. The van der Waals surface area contributed by atoms with Gasteiger partial charge in [0.25, 0.3) is 0 Å². The molecule has 0 spiro atoms. The van der Waals surface area contributed by atoms with E-state index in [-0.39, 0.29) is 16.2 Å². The molecule has 0 saturated carbocycles. The highest BCUT2D eigenvalue weighted by Crippen LogP contribution is 2.43. The molecule has 4 heterocycles. The van der Waals surface area contributed by atoms with Gasteiger partial charge in [0.1, 0.15) is 23.0 Å². The van der Waals surface area contributed by atoms with Crippen LogP contribution in [0.1, 0.15) is 76.0 Å². The maximum absolute atomic E-state index is 6.35. The van der Waals surface area contributed by atoms with Gasteiger partial charge in [0, 0.05) is 18.4 Å². The number of hydrogen-bond acceptors (Lipinski definition) is 2. The predicted octanol–water partition coefficient (Wildman–Crippen LogP) is 5.50. The van der Waals surface area contributed by atoms with Crippen molar-refractivity contribution in [1.29, 1.82) is 0 Å². The minimum Gasteiger partial charge on any atom is -0.464 e. The van der Waals surface area contributed by atoms with E-state index in [0.717, 1.165) is 23.0 Å².